The lowest BCUT2D eigenvalue weighted by atomic mass is 9.91. The highest BCUT2D eigenvalue weighted by Crippen LogP contribution is 2.37. The molecule has 0 bridgehead atoms. The zero-order valence-electron chi connectivity index (χ0n) is 22.3. The molecular weight excluding hydrogens is 473 g/mol. The van der Waals surface area contributed by atoms with Crippen LogP contribution in [0.25, 0.3) is 31.6 Å². The highest BCUT2D eigenvalue weighted by atomic mass is 32.1. The van der Waals surface area contributed by atoms with Crippen LogP contribution in [-0.2, 0) is 0 Å². The van der Waals surface area contributed by atoms with E-state index in [2.05, 4.69) is 112 Å². The third-order valence-corrected chi connectivity index (χ3v) is 18.9. The number of thiophene rings is 1. The van der Waals surface area contributed by atoms with Crippen molar-refractivity contribution in [1.29, 1.82) is 0 Å². The van der Waals surface area contributed by atoms with Crippen LogP contribution in [0.3, 0.4) is 0 Å². The van der Waals surface area contributed by atoms with Gasteiger partial charge in [-0.1, -0.05) is 77.6 Å². The Kier molecular flexibility index (Phi) is 7.92. The van der Waals surface area contributed by atoms with E-state index in [1.807, 2.05) is 11.3 Å². The predicted molar refractivity (Wildman–Crippen MR) is 165 cm³/mol. The summed E-state index contributed by atoms with van der Waals surface area (Å²) in [6.45, 7) is 14.0. The first-order valence-corrected chi connectivity index (χ1v) is 19.5. The molecule has 180 valence electrons. The van der Waals surface area contributed by atoms with Crippen LogP contribution in [0.1, 0.15) is 52.7 Å². The average molecular weight is 511 g/mol. The quantitative estimate of drug-likeness (QED) is 0.137. The van der Waals surface area contributed by atoms with Crippen molar-refractivity contribution in [2.75, 3.05) is 0 Å². The molecule has 0 N–H and O–H groups in total. The first-order chi connectivity index (χ1) is 17.0. The molecule has 0 radical (unpaired) electrons. The van der Waals surface area contributed by atoms with Crippen molar-refractivity contribution in [2.24, 2.45) is 0 Å². The molecule has 0 saturated heterocycles. The Labute approximate surface area is 218 Å². The summed E-state index contributed by atoms with van der Waals surface area (Å²) >= 11 is 1.82. The van der Waals surface area contributed by atoms with Gasteiger partial charge in [0.15, 0.2) is 0 Å². The summed E-state index contributed by atoms with van der Waals surface area (Å²) in [5, 5.41) is 8.58. The van der Waals surface area contributed by atoms with Gasteiger partial charge in [-0.05, 0) is 81.4 Å². The molecule has 0 nitrogen and oxygen atoms in total. The third kappa shape index (κ3) is 4.75. The fourth-order valence-electron chi connectivity index (χ4n) is 5.32. The Hall–Kier alpha value is -2.31. The van der Waals surface area contributed by atoms with Crippen LogP contribution in [0.5, 0.6) is 0 Å². The summed E-state index contributed by atoms with van der Waals surface area (Å²) in [4.78, 5) is 0. The topological polar surface area (TPSA) is 0 Å². The maximum Gasteiger partial charge on any atom is 0.138 e. The van der Waals surface area contributed by atoms with Crippen LogP contribution in [0.2, 0.25) is 36.3 Å². The SMILES string of the molecule is CC[Si](C#Cc1c2ccccc2c(C#C[Si](CC)(CC)CC)c2cc3sccc3cc12)(CC)CC. The molecule has 0 unspecified atom stereocenters. The van der Waals surface area contributed by atoms with Gasteiger partial charge in [-0.15, -0.1) is 22.4 Å². The lowest BCUT2D eigenvalue weighted by Crippen LogP contribution is -2.29. The van der Waals surface area contributed by atoms with Crippen molar-refractivity contribution in [3.8, 4) is 22.9 Å². The summed E-state index contributed by atoms with van der Waals surface area (Å²) in [5.74, 6) is 7.58. The van der Waals surface area contributed by atoms with Crippen molar-refractivity contribution in [1.82, 2.24) is 0 Å². The Morgan fingerprint density at radius 3 is 1.51 bits per heavy atom. The van der Waals surface area contributed by atoms with E-state index in [1.54, 1.807) is 0 Å². The first kappa shape index (κ1) is 25.8. The van der Waals surface area contributed by atoms with Gasteiger partial charge in [0.25, 0.3) is 0 Å². The molecule has 3 heteroatoms. The molecule has 0 aliphatic rings. The Morgan fingerprint density at radius 1 is 0.600 bits per heavy atom. The molecule has 1 heterocycles. The van der Waals surface area contributed by atoms with Crippen LogP contribution < -0.4 is 0 Å². The zero-order valence-corrected chi connectivity index (χ0v) is 25.1. The minimum Gasteiger partial charge on any atom is -0.144 e. The smallest absolute Gasteiger partial charge is 0.138 e. The van der Waals surface area contributed by atoms with Gasteiger partial charge in [-0.3, -0.25) is 0 Å². The summed E-state index contributed by atoms with van der Waals surface area (Å²) < 4.78 is 1.33. The van der Waals surface area contributed by atoms with Crippen molar-refractivity contribution >= 4 is 59.1 Å². The van der Waals surface area contributed by atoms with Gasteiger partial charge in [-0.25, -0.2) is 0 Å². The van der Waals surface area contributed by atoms with Crippen LogP contribution >= 0.6 is 11.3 Å². The van der Waals surface area contributed by atoms with Crippen molar-refractivity contribution in [3.05, 3.63) is 59.0 Å². The minimum atomic E-state index is -1.57. The molecule has 3 aromatic carbocycles. The summed E-state index contributed by atoms with van der Waals surface area (Å²) in [7, 11) is -3.13. The molecule has 0 fully saturated rings. The van der Waals surface area contributed by atoms with Crippen LogP contribution in [0.4, 0.5) is 0 Å². The van der Waals surface area contributed by atoms with E-state index < -0.39 is 16.1 Å². The van der Waals surface area contributed by atoms with E-state index >= 15 is 0 Å². The van der Waals surface area contributed by atoms with Gasteiger partial charge in [0.2, 0.25) is 0 Å². The minimum absolute atomic E-state index is 1.20. The summed E-state index contributed by atoms with van der Waals surface area (Å²) in [6, 6.07) is 23.2. The predicted octanol–water partition coefficient (Wildman–Crippen LogP) is 10.0. The average Bonchev–Trinajstić information content (AvgIpc) is 3.37. The molecule has 4 rings (SSSR count). The maximum atomic E-state index is 3.89. The highest BCUT2D eigenvalue weighted by molar-refractivity contribution is 7.17. The van der Waals surface area contributed by atoms with Crippen molar-refractivity contribution in [2.45, 2.75) is 77.8 Å². The van der Waals surface area contributed by atoms with E-state index in [1.165, 1.54) is 79.0 Å². The highest BCUT2D eigenvalue weighted by Gasteiger charge is 2.26. The number of hydrogen-bond donors (Lipinski definition) is 0. The molecule has 0 spiro atoms. The fraction of sp³-hybridized carbons (Fsp3) is 0.375. The van der Waals surface area contributed by atoms with Crippen LogP contribution in [0.15, 0.2) is 47.8 Å². The second-order valence-electron chi connectivity index (χ2n) is 9.83. The first-order valence-electron chi connectivity index (χ1n) is 13.4. The number of benzene rings is 3. The van der Waals surface area contributed by atoms with Gasteiger partial charge in [-0.2, -0.15) is 0 Å². The Morgan fingerprint density at radius 2 is 1.06 bits per heavy atom. The van der Waals surface area contributed by atoms with E-state index in [0.717, 1.165) is 0 Å². The standard InChI is InChI=1S/C32H38SSi2/c1-7-34(8-2,9-3)21-18-28-26-15-13-14-16-27(26)29(19-22-35(10-4,11-5)12-6)31-24-32-25(17-20-33-32)23-30(28)31/h13-17,20,23-24H,7-12H2,1-6H3. The third-order valence-electron chi connectivity index (χ3n) is 8.56. The maximum absolute atomic E-state index is 3.89. The van der Waals surface area contributed by atoms with Gasteiger partial charge >= 0.3 is 0 Å². The molecule has 4 aromatic rings. The van der Waals surface area contributed by atoms with Crippen molar-refractivity contribution < 1.29 is 0 Å². The molecule has 0 aliphatic heterocycles. The number of rotatable bonds is 6. The Bertz CT molecular complexity index is 1350. The second-order valence-corrected chi connectivity index (χ2v) is 20.6. The molecule has 1 aromatic heterocycles. The van der Waals surface area contributed by atoms with E-state index in [4.69, 9.17) is 0 Å². The largest absolute Gasteiger partial charge is 0.144 e. The number of hydrogen-bond acceptors (Lipinski definition) is 1. The van der Waals surface area contributed by atoms with E-state index in [0.29, 0.717) is 0 Å². The normalized spacial score (nSPS) is 11.9. The van der Waals surface area contributed by atoms with Gasteiger partial charge < -0.3 is 0 Å². The molecule has 0 amide bonds. The molecule has 0 saturated carbocycles. The van der Waals surface area contributed by atoms with Crippen molar-refractivity contribution in [3.63, 3.8) is 0 Å². The lowest BCUT2D eigenvalue weighted by molar-refractivity contribution is 1.20. The molecule has 0 aliphatic carbocycles. The molecule has 0 atom stereocenters. The monoisotopic (exact) mass is 510 g/mol. The zero-order chi connectivity index (χ0) is 25.1. The number of fused-ring (bicyclic) bond motifs is 3. The summed E-state index contributed by atoms with van der Waals surface area (Å²) in [5.41, 5.74) is 10.2. The lowest BCUT2D eigenvalue weighted by Gasteiger charge is -2.21. The van der Waals surface area contributed by atoms with Crippen LogP contribution in [0, 0.1) is 22.9 Å². The second kappa shape index (κ2) is 10.8. The van der Waals surface area contributed by atoms with Gasteiger partial charge in [0.1, 0.15) is 16.1 Å². The summed E-state index contributed by atoms with van der Waals surface area (Å²) in [6.07, 6.45) is 0. The molecular formula is C32H38SSi2. The van der Waals surface area contributed by atoms with Gasteiger partial charge in [0, 0.05) is 21.2 Å². The molecule has 35 heavy (non-hydrogen) atoms. The van der Waals surface area contributed by atoms with Gasteiger partial charge in [0.05, 0.1) is 0 Å². The van der Waals surface area contributed by atoms with E-state index in [-0.39, 0.29) is 0 Å². The van der Waals surface area contributed by atoms with Crippen LogP contribution in [-0.4, -0.2) is 16.1 Å². The Balaban J connectivity index is 2.13. The van der Waals surface area contributed by atoms with E-state index in [9.17, 15) is 0 Å². The fourth-order valence-corrected chi connectivity index (χ4v) is 11.0.